The number of methoxy groups -OCH3 is 1. The molecule has 0 aliphatic carbocycles. The van der Waals surface area contributed by atoms with Crippen molar-refractivity contribution in [1.29, 1.82) is 0 Å². The highest BCUT2D eigenvalue weighted by Crippen LogP contribution is 2.30. The Morgan fingerprint density at radius 2 is 2.00 bits per heavy atom. The van der Waals surface area contributed by atoms with Crippen molar-refractivity contribution in [2.45, 2.75) is 19.6 Å². The molecule has 1 atom stereocenters. The summed E-state index contributed by atoms with van der Waals surface area (Å²) in [6, 6.07) is 3.99. The first-order valence-corrected chi connectivity index (χ1v) is 5.26. The number of benzene rings is 1. The Morgan fingerprint density at radius 1 is 1.28 bits per heavy atom. The summed E-state index contributed by atoms with van der Waals surface area (Å²) in [4.78, 5) is 10.6. The summed E-state index contributed by atoms with van der Waals surface area (Å²) in [5.74, 6) is -0.0250. The van der Waals surface area contributed by atoms with E-state index in [0.29, 0.717) is 18.5 Å². The predicted molar refractivity (Wildman–Crippen MR) is 60.4 cm³/mol. The van der Waals surface area contributed by atoms with Gasteiger partial charge in [0.05, 0.1) is 6.61 Å². The number of carbonyl (C=O) groups is 1. The molecule has 0 saturated heterocycles. The van der Waals surface area contributed by atoms with Crippen molar-refractivity contribution in [3.63, 3.8) is 0 Å². The minimum absolute atomic E-state index is 0.0875. The largest absolute Gasteiger partial charge is 0.484 e. The quantitative estimate of drug-likeness (QED) is 0.707. The van der Waals surface area contributed by atoms with Gasteiger partial charge in [0.15, 0.2) is 11.5 Å². The van der Waals surface area contributed by atoms with Crippen molar-refractivity contribution >= 4 is 6.29 Å². The number of carbonyl (C=O) groups excluding carboxylic acids is 1. The first kappa shape index (κ1) is 14.4. The lowest BCUT2D eigenvalue weighted by Gasteiger charge is -2.17. The predicted octanol–water partition coefficient (Wildman–Crippen LogP) is 2.51. The smallest absolute Gasteiger partial charge is 0.387 e. The van der Waals surface area contributed by atoms with Crippen LogP contribution in [0, 0.1) is 0 Å². The second-order valence-electron chi connectivity index (χ2n) is 3.59. The van der Waals surface area contributed by atoms with Gasteiger partial charge in [-0.25, -0.2) is 0 Å². The summed E-state index contributed by atoms with van der Waals surface area (Å²) in [6.07, 6.45) is 0.247. The molecule has 0 amide bonds. The van der Waals surface area contributed by atoms with Gasteiger partial charge >= 0.3 is 6.61 Å². The summed E-state index contributed by atoms with van der Waals surface area (Å²) in [5.41, 5.74) is 0.316. The molecule has 0 radical (unpaired) electrons. The zero-order chi connectivity index (χ0) is 13.5. The molecule has 1 rings (SSSR count). The lowest BCUT2D eigenvalue weighted by atomic mass is 10.2. The van der Waals surface area contributed by atoms with Crippen LogP contribution >= 0.6 is 0 Å². The molecule has 0 heterocycles. The lowest BCUT2D eigenvalue weighted by Crippen LogP contribution is -2.18. The topological polar surface area (TPSA) is 44.8 Å². The minimum Gasteiger partial charge on any atom is -0.484 e. The Bertz CT molecular complexity index is 396. The molecule has 0 bridgehead atoms. The zero-order valence-corrected chi connectivity index (χ0v) is 10.1. The molecule has 6 heteroatoms. The molecular weight excluding hydrogens is 246 g/mol. The first-order chi connectivity index (χ1) is 8.56. The van der Waals surface area contributed by atoms with Crippen molar-refractivity contribution in [3.05, 3.63) is 23.8 Å². The van der Waals surface area contributed by atoms with Crippen molar-refractivity contribution in [3.8, 4) is 11.5 Å². The van der Waals surface area contributed by atoms with Crippen LogP contribution in [0.3, 0.4) is 0 Å². The molecule has 0 aliphatic heterocycles. The van der Waals surface area contributed by atoms with Crippen LogP contribution in [0.1, 0.15) is 17.3 Å². The van der Waals surface area contributed by atoms with E-state index in [1.54, 1.807) is 6.92 Å². The van der Waals surface area contributed by atoms with Crippen LogP contribution < -0.4 is 9.47 Å². The normalized spacial score (nSPS) is 12.3. The van der Waals surface area contributed by atoms with Crippen molar-refractivity contribution < 1.29 is 27.8 Å². The van der Waals surface area contributed by atoms with E-state index in [1.807, 2.05) is 0 Å². The van der Waals surface area contributed by atoms with Gasteiger partial charge in [-0.05, 0) is 25.1 Å². The molecule has 1 unspecified atom stereocenters. The number of rotatable bonds is 7. The van der Waals surface area contributed by atoms with Crippen molar-refractivity contribution in [2.75, 3.05) is 13.7 Å². The number of aldehydes is 1. The summed E-state index contributed by atoms with van der Waals surface area (Å²) in [6.45, 7) is -0.949. The standard InChI is InChI=1S/C12H14F2O4/c1-8(7-16-2)17-11-5-9(6-15)3-4-10(11)18-12(13)14/h3-6,8,12H,7H2,1-2H3. The average Bonchev–Trinajstić information content (AvgIpc) is 2.31. The van der Waals surface area contributed by atoms with Gasteiger partial charge in [0, 0.05) is 12.7 Å². The number of alkyl halides is 2. The molecule has 18 heavy (non-hydrogen) atoms. The highest BCUT2D eigenvalue weighted by atomic mass is 19.3. The minimum atomic E-state index is -2.95. The van der Waals surface area contributed by atoms with Gasteiger partial charge in [-0.3, -0.25) is 4.79 Å². The average molecular weight is 260 g/mol. The Kier molecular flexibility index (Phi) is 5.51. The molecule has 4 nitrogen and oxygen atoms in total. The van der Waals surface area contributed by atoms with Crippen LogP contribution in [0.15, 0.2) is 18.2 Å². The summed E-state index contributed by atoms with van der Waals surface area (Å²) in [5, 5.41) is 0. The van der Waals surface area contributed by atoms with Crippen LogP contribution in [-0.4, -0.2) is 32.7 Å². The van der Waals surface area contributed by atoms with E-state index in [2.05, 4.69) is 4.74 Å². The SMILES string of the molecule is COCC(C)Oc1cc(C=O)ccc1OC(F)F. The molecule has 1 aromatic rings. The van der Waals surface area contributed by atoms with Crippen molar-refractivity contribution in [2.24, 2.45) is 0 Å². The molecule has 0 fully saturated rings. The highest BCUT2D eigenvalue weighted by Gasteiger charge is 2.14. The second-order valence-corrected chi connectivity index (χ2v) is 3.59. The molecule has 0 saturated carbocycles. The molecule has 0 spiro atoms. The fourth-order valence-electron chi connectivity index (χ4n) is 1.37. The van der Waals surface area contributed by atoms with E-state index in [-0.39, 0.29) is 17.6 Å². The first-order valence-electron chi connectivity index (χ1n) is 5.26. The van der Waals surface area contributed by atoms with E-state index >= 15 is 0 Å². The van der Waals surface area contributed by atoms with Gasteiger partial charge < -0.3 is 14.2 Å². The van der Waals surface area contributed by atoms with E-state index in [4.69, 9.17) is 9.47 Å². The number of hydrogen-bond donors (Lipinski definition) is 0. The van der Waals surface area contributed by atoms with E-state index < -0.39 is 6.61 Å². The van der Waals surface area contributed by atoms with Crippen molar-refractivity contribution in [1.82, 2.24) is 0 Å². The Balaban J connectivity index is 2.92. The third-order valence-corrected chi connectivity index (χ3v) is 2.05. The zero-order valence-electron chi connectivity index (χ0n) is 10.1. The molecule has 0 N–H and O–H groups in total. The van der Waals surface area contributed by atoms with Gasteiger partial charge in [-0.2, -0.15) is 8.78 Å². The fraction of sp³-hybridized carbons (Fsp3) is 0.417. The molecular formula is C12H14F2O4. The summed E-state index contributed by atoms with van der Waals surface area (Å²) in [7, 11) is 1.50. The number of hydrogen-bond acceptors (Lipinski definition) is 4. The second kappa shape index (κ2) is 6.90. The maximum atomic E-state index is 12.2. The summed E-state index contributed by atoms with van der Waals surface area (Å²) < 4.78 is 39.0. The van der Waals surface area contributed by atoms with Crippen LogP contribution in [0.5, 0.6) is 11.5 Å². The molecule has 1 aromatic carbocycles. The molecule has 0 aromatic heterocycles. The lowest BCUT2D eigenvalue weighted by molar-refractivity contribution is -0.0524. The van der Waals surface area contributed by atoms with Crippen LogP contribution in [0.25, 0.3) is 0 Å². The Labute approximate surface area is 103 Å². The Morgan fingerprint density at radius 3 is 2.56 bits per heavy atom. The van der Waals surface area contributed by atoms with Gasteiger partial charge in [-0.1, -0.05) is 0 Å². The molecule has 100 valence electrons. The highest BCUT2D eigenvalue weighted by molar-refractivity contribution is 5.76. The van der Waals surface area contributed by atoms with Gasteiger partial charge in [-0.15, -0.1) is 0 Å². The monoisotopic (exact) mass is 260 g/mol. The van der Waals surface area contributed by atoms with Gasteiger partial charge in [0.2, 0.25) is 0 Å². The fourth-order valence-corrected chi connectivity index (χ4v) is 1.37. The number of halogens is 2. The summed E-state index contributed by atoms with van der Waals surface area (Å²) >= 11 is 0. The van der Waals surface area contributed by atoms with Crippen LogP contribution in [0.2, 0.25) is 0 Å². The maximum absolute atomic E-state index is 12.2. The maximum Gasteiger partial charge on any atom is 0.387 e. The van der Waals surface area contributed by atoms with E-state index in [0.717, 1.165) is 0 Å². The third kappa shape index (κ3) is 4.29. The third-order valence-electron chi connectivity index (χ3n) is 2.05. The van der Waals surface area contributed by atoms with Crippen LogP contribution in [0.4, 0.5) is 8.78 Å². The van der Waals surface area contributed by atoms with E-state index in [1.165, 1.54) is 25.3 Å². The molecule has 0 aliphatic rings. The van der Waals surface area contributed by atoms with Gasteiger partial charge in [0.1, 0.15) is 12.4 Å². The van der Waals surface area contributed by atoms with E-state index in [9.17, 15) is 13.6 Å². The van der Waals surface area contributed by atoms with Crippen LogP contribution in [-0.2, 0) is 4.74 Å². The number of ether oxygens (including phenoxy) is 3. The van der Waals surface area contributed by atoms with Gasteiger partial charge in [0.25, 0.3) is 0 Å². The Hall–Kier alpha value is -1.69.